The van der Waals surface area contributed by atoms with Crippen LogP contribution in [-0.4, -0.2) is 31.5 Å². The maximum absolute atomic E-state index is 12.3. The molecule has 7 nitrogen and oxygen atoms in total. The standard InChI is InChI=1S/C15H9ClN6OS/c16-10-5-6-11-12(7-10)24-15(17-11)18-14(23)9-3-1-8(2-4-9)13-19-21-22-20-13/h1-7H,(H,17,18,23)(H,19,20,21,22). The molecule has 0 spiro atoms. The van der Waals surface area contributed by atoms with Crippen LogP contribution in [0.1, 0.15) is 10.4 Å². The Morgan fingerprint density at radius 1 is 1.17 bits per heavy atom. The van der Waals surface area contributed by atoms with Gasteiger partial charge in [0.25, 0.3) is 5.91 Å². The number of anilines is 1. The first kappa shape index (κ1) is 14.7. The van der Waals surface area contributed by atoms with Gasteiger partial charge in [-0.25, -0.2) is 4.98 Å². The lowest BCUT2D eigenvalue weighted by Gasteiger charge is -2.02. The van der Waals surface area contributed by atoms with Crippen molar-refractivity contribution < 1.29 is 4.79 Å². The molecule has 2 aromatic carbocycles. The highest BCUT2D eigenvalue weighted by atomic mass is 35.5. The zero-order valence-electron chi connectivity index (χ0n) is 12.0. The first-order valence-electron chi connectivity index (χ1n) is 6.90. The summed E-state index contributed by atoms with van der Waals surface area (Å²) in [5.74, 6) is 0.241. The summed E-state index contributed by atoms with van der Waals surface area (Å²) in [6, 6.07) is 12.3. The molecule has 0 bridgehead atoms. The quantitative estimate of drug-likeness (QED) is 0.586. The average molecular weight is 357 g/mol. The number of nitrogens with one attached hydrogen (secondary N) is 2. The second-order valence-corrected chi connectivity index (χ2v) is 6.37. The van der Waals surface area contributed by atoms with Gasteiger partial charge in [0.05, 0.1) is 10.2 Å². The normalized spacial score (nSPS) is 10.9. The van der Waals surface area contributed by atoms with Crippen molar-refractivity contribution in [3.05, 3.63) is 53.1 Å². The molecule has 1 amide bonds. The monoisotopic (exact) mass is 356 g/mol. The number of aromatic amines is 1. The second kappa shape index (κ2) is 5.99. The first-order chi connectivity index (χ1) is 11.7. The smallest absolute Gasteiger partial charge is 0.257 e. The van der Waals surface area contributed by atoms with Gasteiger partial charge in [0.2, 0.25) is 5.82 Å². The number of nitrogens with zero attached hydrogens (tertiary/aromatic N) is 4. The number of tetrazole rings is 1. The van der Waals surface area contributed by atoms with Gasteiger partial charge in [-0.05, 0) is 35.5 Å². The van der Waals surface area contributed by atoms with Gasteiger partial charge in [-0.3, -0.25) is 10.1 Å². The van der Waals surface area contributed by atoms with Crippen LogP contribution < -0.4 is 5.32 Å². The number of carbonyl (C=O) groups excluding carboxylic acids is 1. The van der Waals surface area contributed by atoms with Crippen molar-refractivity contribution in [1.29, 1.82) is 0 Å². The molecule has 24 heavy (non-hydrogen) atoms. The Kier molecular flexibility index (Phi) is 3.68. The van der Waals surface area contributed by atoms with Crippen molar-refractivity contribution >= 4 is 44.2 Å². The number of rotatable bonds is 3. The van der Waals surface area contributed by atoms with Gasteiger partial charge >= 0.3 is 0 Å². The van der Waals surface area contributed by atoms with Crippen LogP contribution in [0.5, 0.6) is 0 Å². The fourth-order valence-corrected chi connectivity index (χ4v) is 3.31. The van der Waals surface area contributed by atoms with E-state index >= 15 is 0 Å². The van der Waals surface area contributed by atoms with Crippen LogP contribution in [0, 0.1) is 0 Å². The van der Waals surface area contributed by atoms with Gasteiger partial charge < -0.3 is 0 Å². The summed E-state index contributed by atoms with van der Waals surface area (Å²) in [4.78, 5) is 16.7. The van der Waals surface area contributed by atoms with E-state index in [4.69, 9.17) is 11.6 Å². The largest absolute Gasteiger partial charge is 0.298 e. The van der Waals surface area contributed by atoms with Crippen molar-refractivity contribution in [1.82, 2.24) is 25.6 Å². The molecule has 0 aliphatic carbocycles. The highest BCUT2D eigenvalue weighted by Gasteiger charge is 2.11. The van der Waals surface area contributed by atoms with Gasteiger partial charge in [0, 0.05) is 16.1 Å². The van der Waals surface area contributed by atoms with Crippen molar-refractivity contribution in [2.75, 3.05) is 5.32 Å². The first-order valence-corrected chi connectivity index (χ1v) is 8.10. The van der Waals surface area contributed by atoms with Crippen LogP contribution in [0.2, 0.25) is 5.02 Å². The fourth-order valence-electron chi connectivity index (χ4n) is 2.18. The number of hydrogen-bond donors (Lipinski definition) is 2. The Bertz CT molecular complexity index is 1010. The number of hydrogen-bond acceptors (Lipinski definition) is 6. The van der Waals surface area contributed by atoms with E-state index in [9.17, 15) is 4.79 Å². The fraction of sp³-hybridized carbons (Fsp3) is 0. The highest BCUT2D eigenvalue weighted by Crippen LogP contribution is 2.28. The molecule has 0 atom stereocenters. The van der Waals surface area contributed by atoms with Crippen LogP contribution >= 0.6 is 22.9 Å². The van der Waals surface area contributed by atoms with E-state index < -0.39 is 0 Å². The number of H-pyrrole nitrogens is 1. The number of halogens is 1. The molecular weight excluding hydrogens is 348 g/mol. The molecule has 2 aromatic heterocycles. The molecule has 0 aliphatic heterocycles. The summed E-state index contributed by atoms with van der Waals surface area (Å²) in [5, 5.41) is 17.6. The van der Waals surface area contributed by atoms with Crippen molar-refractivity contribution in [2.45, 2.75) is 0 Å². The van der Waals surface area contributed by atoms with Gasteiger partial charge in [-0.15, -0.1) is 10.2 Å². The number of amides is 1. The summed E-state index contributed by atoms with van der Waals surface area (Å²) >= 11 is 7.34. The van der Waals surface area contributed by atoms with E-state index in [2.05, 4.69) is 30.9 Å². The summed E-state index contributed by atoms with van der Waals surface area (Å²) in [6.07, 6.45) is 0. The maximum Gasteiger partial charge on any atom is 0.257 e. The molecule has 9 heteroatoms. The van der Waals surface area contributed by atoms with Gasteiger partial charge in [-0.1, -0.05) is 35.1 Å². The summed E-state index contributed by atoms with van der Waals surface area (Å²) in [7, 11) is 0. The van der Waals surface area contributed by atoms with Gasteiger partial charge in [0.1, 0.15) is 0 Å². The maximum atomic E-state index is 12.3. The molecule has 2 heterocycles. The third-order valence-electron chi connectivity index (χ3n) is 3.32. The molecule has 0 saturated carbocycles. The number of benzene rings is 2. The third-order valence-corrected chi connectivity index (χ3v) is 4.49. The topological polar surface area (TPSA) is 96.5 Å². The van der Waals surface area contributed by atoms with E-state index in [1.165, 1.54) is 11.3 Å². The number of carbonyl (C=O) groups is 1. The highest BCUT2D eigenvalue weighted by molar-refractivity contribution is 7.22. The summed E-state index contributed by atoms with van der Waals surface area (Å²) in [5.41, 5.74) is 2.08. The molecule has 118 valence electrons. The molecular formula is C15H9ClN6OS. The number of thiazole rings is 1. The SMILES string of the molecule is O=C(Nc1nc2ccc(Cl)cc2s1)c1ccc(-c2nn[nH]n2)cc1. The zero-order chi connectivity index (χ0) is 16.5. The molecule has 2 N–H and O–H groups in total. The van der Waals surface area contributed by atoms with E-state index in [0.29, 0.717) is 21.5 Å². The Hall–Kier alpha value is -2.84. The minimum absolute atomic E-state index is 0.236. The van der Waals surface area contributed by atoms with Crippen LogP contribution in [-0.2, 0) is 0 Å². The predicted molar refractivity (Wildman–Crippen MR) is 92.2 cm³/mol. The number of aromatic nitrogens is 5. The van der Waals surface area contributed by atoms with Crippen LogP contribution in [0.3, 0.4) is 0 Å². The Morgan fingerprint density at radius 2 is 2.00 bits per heavy atom. The van der Waals surface area contributed by atoms with E-state index in [1.807, 2.05) is 12.1 Å². The van der Waals surface area contributed by atoms with Crippen molar-refractivity contribution in [2.24, 2.45) is 0 Å². The third kappa shape index (κ3) is 2.84. The predicted octanol–water partition coefficient (Wildman–Crippen LogP) is 3.38. The Morgan fingerprint density at radius 3 is 2.75 bits per heavy atom. The molecule has 0 aliphatic rings. The molecule has 4 aromatic rings. The van der Waals surface area contributed by atoms with Gasteiger partial charge in [0.15, 0.2) is 5.13 Å². The summed E-state index contributed by atoms with van der Waals surface area (Å²) in [6.45, 7) is 0. The lowest BCUT2D eigenvalue weighted by Crippen LogP contribution is -2.11. The van der Waals surface area contributed by atoms with Gasteiger partial charge in [-0.2, -0.15) is 5.21 Å². The summed E-state index contributed by atoms with van der Waals surface area (Å²) < 4.78 is 0.922. The molecule has 0 fully saturated rings. The van der Waals surface area contributed by atoms with Crippen LogP contribution in [0.25, 0.3) is 21.6 Å². The Labute approximate surface area is 144 Å². The number of fused-ring (bicyclic) bond motifs is 1. The minimum Gasteiger partial charge on any atom is -0.298 e. The van der Waals surface area contributed by atoms with Crippen molar-refractivity contribution in [3.63, 3.8) is 0 Å². The van der Waals surface area contributed by atoms with E-state index in [1.54, 1.807) is 30.3 Å². The molecule has 0 unspecified atom stereocenters. The minimum atomic E-state index is -0.236. The van der Waals surface area contributed by atoms with Crippen molar-refractivity contribution in [3.8, 4) is 11.4 Å². The van der Waals surface area contributed by atoms with Crippen LogP contribution in [0.4, 0.5) is 5.13 Å². The second-order valence-electron chi connectivity index (χ2n) is 4.90. The van der Waals surface area contributed by atoms with E-state index in [0.717, 1.165) is 15.8 Å². The molecule has 0 saturated heterocycles. The Balaban J connectivity index is 1.54. The van der Waals surface area contributed by atoms with E-state index in [-0.39, 0.29) is 5.91 Å². The zero-order valence-corrected chi connectivity index (χ0v) is 13.6. The molecule has 4 rings (SSSR count). The lowest BCUT2D eigenvalue weighted by atomic mass is 10.1. The molecule has 0 radical (unpaired) electrons. The lowest BCUT2D eigenvalue weighted by molar-refractivity contribution is 0.102. The van der Waals surface area contributed by atoms with Crippen LogP contribution in [0.15, 0.2) is 42.5 Å². The average Bonchev–Trinajstić information content (AvgIpc) is 3.23.